The van der Waals surface area contributed by atoms with Crippen LogP contribution in [0.2, 0.25) is 0 Å². The zero-order chi connectivity index (χ0) is 17.7. The van der Waals surface area contributed by atoms with Gasteiger partial charge >= 0.3 is 0 Å². The summed E-state index contributed by atoms with van der Waals surface area (Å²) in [5.74, 6) is 0.160. The Morgan fingerprint density at radius 3 is 3.04 bits per heavy atom. The van der Waals surface area contributed by atoms with Crippen molar-refractivity contribution in [2.24, 2.45) is 11.8 Å². The first-order chi connectivity index (χ1) is 12.0. The number of hydrogen-bond acceptors (Lipinski definition) is 3. The monoisotopic (exact) mass is 402 g/mol. The summed E-state index contributed by atoms with van der Waals surface area (Å²) >= 11 is 3.67. The summed E-state index contributed by atoms with van der Waals surface area (Å²) in [7, 11) is 2.11. The Hall–Kier alpha value is -1.43. The molecular formula is C20H23BrN2O2. The maximum absolute atomic E-state index is 12.7. The third-order valence-electron chi connectivity index (χ3n) is 5.62. The van der Waals surface area contributed by atoms with E-state index in [0.29, 0.717) is 12.5 Å². The number of carbonyl (C=O) groups is 1. The van der Waals surface area contributed by atoms with Gasteiger partial charge in [-0.05, 0) is 58.1 Å². The molecule has 5 heteroatoms. The lowest BCUT2D eigenvalue weighted by molar-refractivity contribution is -0.123. The summed E-state index contributed by atoms with van der Waals surface area (Å²) in [6.07, 6.45) is 3.58. The van der Waals surface area contributed by atoms with Crippen LogP contribution >= 0.6 is 15.9 Å². The topological polar surface area (TPSA) is 56.3 Å². The number of aromatic nitrogens is 1. The number of aliphatic hydroxyl groups excluding tert-OH is 1. The molecule has 2 aromatic rings. The summed E-state index contributed by atoms with van der Waals surface area (Å²) in [5, 5.41) is 10.5. The van der Waals surface area contributed by atoms with Gasteiger partial charge in [0.1, 0.15) is 5.78 Å². The van der Waals surface area contributed by atoms with Crippen LogP contribution in [0.25, 0.3) is 16.5 Å². The first-order valence-corrected chi connectivity index (χ1v) is 9.63. The molecule has 25 heavy (non-hydrogen) atoms. The van der Waals surface area contributed by atoms with Crippen molar-refractivity contribution >= 4 is 38.2 Å². The van der Waals surface area contributed by atoms with Crippen molar-refractivity contribution in [2.75, 3.05) is 20.2 Å². The molecule has 1 aromatic heterocycles. The van der Waals surface area contributed by atoms with Crippen LogP contribution in [0, 0.1) is 11.8 Å². The normalized spacial score (nSPS) is 24.1. The third kappa shape index (κ3) is 2.78. The van der Waals surface area contributed by atoms with Crippen molar-refractivity contribution < 1.29 is 9.90 Å². The van der Waals surface area contributed by atoms with Crippen LogP contribution in [0.3, 0.4) is 0 Å². The van der Waals surface area contributed by atoms with E-state index in [9.17, 15) is 9.90 Å². The molecule has 0 radical (unpaired) electrons. The molecule has 0 spiro atoms. The lowest BCUT2D eigenvalue weighted by atomic mass is 9.78. The van der Waals surface area contributed by atoms with Gasteiger partial charge in [0, 0.05) is 42.4 Å². The maximum atomic E-state index is 12.7. The highest BCUT2D eigenvalue weighted by Crippen LogP contribution is 2.43. The first kappa shape index (κ1) is 17.0. The molecule has 1 aliphatic carbocycles. The molecule has 2 N–H and O–H groups in total. The van der Waals surface area contributed by atoms with Gasteiger partial charge in [0.25, 0.3) is 0 Å². The van der Waals surface area contributed by atoms with E-state index in [4.69, 9.17) is 0 Å². The lowest BCUT2D eigenvalue weighted by Gasteiger charge is -2.39. The van der Waals surface area contributed by atoms with Crippen LogP contribution in [0.4, 0.5) is 0 Å². The fourth-order valence-corrected chi connectivity index (χ4v) is 4.83. The van der Waals surface area contributed by atoms with Gasteiger partial charge in [-0.15, -0.1) is 0 Å². The number of Topliss-reactive ketones (excluding diaryl/α,β-unsaturated/α-hetero) is 1. The van der Waals surface area contributed by atoms with Crippen molar-refractivity contribution in [3.63, 3.8) is 0 Å². The van der Waals surface area contributed by atoms with E-state index in [1.165, 1.54) is 22.1 Å². The van der Waals surface area contributed by atoms with Gasteiger partial charge in [-0.25, -0.2) is 0 Å². The van der Waals surface area contributed by atoms with Crippen molar-refractivity contribution in [3.05, 3.63) is 40.0 Å². The van der Waals surface area contributed by atoms with Gasteiger partial charge in [-0.1, -0.05) is 25.1 Å². The molecule has 3 unspecified atom stereocenters. The Labute approximate surface area is 156 Å². The quantitative estimate of drug-likeness (QED) is 0.823. The highest BCUT2D eigenvalue weighted by molar-refractivity contribution is 9.10. The van der Waals surface area contributed by atoms with Crippen LogP contribution in [-0.2, 0) is 11.2 Å². The largest absolute Gasteiger partial charge is 0.396 e. The van der Waals surface area contributed by atoms with Crippen molar-refractivity contribution in [1.82, 2.24) is 9.88 Å². The number of halogens is 1. The predicted molar refractivity (Wildman–Crippen MR) is 103 cm³/mol. The minimum Gasteiger partial charge on any atom is -0.396 e. The number of benzene rings is 1. The minimum atomic E-state index is -0.0931. The molecular weight excluding hydrogens is 380 g/mol. The Morgan fingerprint density at radius 1 is 1.48 bits per heavy atom. The third-order valence-corrected chi connectivity index (χ3v) is 6.29. The predicted octanol–water partition coefficient (Wildman–Crippen LogP) is 3.39. The van der Waals surface area contributed by atoms with Gasteiger partial charge in [0.15, 0.2) is 0 Å². The second-order valence-electron chi connectivity index (χ2n) is 7.49. The Balaban J connectivity index is 1.78. The number of ketones is 1. The average molecular weight is 403 g/mol. The van der Waals surface area contributed by atoms with E-state index < -0.39 is 0 Å². The summed E-state index contributed by atoms with van der Waals surface area (Å²) in [4.78, 5) is 18.4. The second-order valence-corrected chi connectivity index (χ2v) is 8.28. The van der Waals surface area contributed by atoms with Crippen LogP contribution in [0.15, 0.2) is 28.9 Å². The summed E-state index contributed by atoms with van der Waals surface area (Å²) in [6, 6.07) is 6.66. The Bertz CT molecular complexity index is 870. The molecule has 2 aliphatic rings. The van der Waals surface area contributed by atoms with Gasteiger partial charge < -0.3 is 10.1 Å². The Kier molecular flexibility index (Phi) is 4.34. The van der Waals surface area contributed by atoms with Gasteiger partial charge in [-0.3, -0.25) is 9.69 Å². The highest BCUT2D eigenvalue weighted by Gasteiger charge is 2.36. The zero-order valence-electron chi connectivity index (χ0n) is 14.6. The van der Waals surface area contributed by atoms with Crippen LogP contribution in [0.1, 0.15) is 24.5 Å². The van der Waals surface area contributed by atoms with Crippen molar-refractivity contribution in [2.45, 2.75) is 25.8 Å². The number of carbonyl (C=O) groups excluding carboxylic acids is 1. The van der Waals surface area contributed by atoms with Gasteiger partial charge in [0.2, 0.25) is 0 Å². The number of H-pyrrole nitrogens is 1. The number of likely N-dealkylation sites (N-methyl/N-ethyl adjacent to an activating group) is 1. The number of hydrogen-bond donors (Lipinski definition) is 2. The molecule has 0 fully saturated rings. The molecule has 4 nitrogen and oxygen atoms in total. The average Bonchev–Trinajstić information content (AvgIpc) is 2.92. The van der Waals surface area contributed by atoms with E-state index >= 15 is 0 Å². The van der Waals surface area contributed by atoms with Crippen LogP contribution < -0.4 is 0 Å². The van der Waals surface area contributed by atoms with Crippen LogP contribution in [0.5, 0.6) is 0 Å². The number of nitrogens with one attached hydrogen (secondary N) is 1. The summed E-state index contributed by atoms with van der Waals surface area (Å²) in [6.45, 7) is 2.73. The number of fused-ring (bicyclic) bond motifs is 2. The second kappa shape index (κ2) is 6.38. The van der Waals surface area contributed by atoms with Crippen molar-refractivity contribution in [1.29, 1.82) is 0 Å². The smallest absolute Gasteiger partial charge is 0.141 e. The van der Waals surface area contributed by atoms with Crippen LogP contribution in [-0.4, -0.2) is 47.0 Å². The van der Waals surface area contributed by atoms with E-state index in [1.807, 2.05) is 6.92 Å². The van der Waals surface area contributed by atoms with Gasteiger partial charge in [0.05, 0.1) is 4.60 Å². The number of aromatic amines is 1. The highest BCUT2D eigenvalue weighted by atomic mass is 79.9. The number of nitrogens with zero attached hydrogens (tertiary/aromatic N) is 1. The summed E-state index contributed by atoms with van der Waals surface area (Å²) in [5.41, 5.74) is 4.99. The molecule has 0 saturated heterocycles. The van der Waals surface area contributed by atoms with E-state index in [1.54, 1.807) is 0 Å². The molecule has 4 rings (SSSR count). The standard InChI is InChI=1S/C20H23BrN2O2/c1-11(10-24)6-18(25)12-7-14-13-4-3-5-16-19(13)15(20(21)22-16)8-17(14)23(2)9-12/h3-5,7,11-12,17,22,24H,6,8-10H2,1-2H3. The van der Waals surface area contributed by atoms with E-state index in [-0.39, 0.29) is 24.2 Å². The molecule has 0 saturated carbocycles. The number of aliphatic hydroxyl groups is 1. The summed E-state index contributed by atoms with van der Waals surface area (Å²) < 4.78 is 1.07. The zero-order valence-corrected chi connectivity index (χ0v) is 16.1. The SMILES string of the molecule is CC(CO)CC(=O)C1C=C2c3cccc4[nH]c(Br)c(c34)CC2N(C)C1. The number of rotatable bonds is 4. The molecule has 2 heterocycles. The minimum absolute atomic E-state index is 0.0240. The molecule has 3 atom stereocenters. The fourth-order valence-electron chi connectivity index (χ4n) is 4.26. The van der Waals surface area contributed by atoms with E-state index in [2.05, 4.69) is 57.1 Å². The maximum Gasteiger partial charge on any atom is 0.141 e. The molecule has 0 bridgehead atoms. The van der Waals surface area contributed by atoms with Gasteiger partial charge in [-0.2, -0.15) is 0 Å². The first-order valence-electron chi connectivity index (χ1n) is 8.84. The lowest BCUT2D eigenvalue weighted by Crippen LogP contribution is -2.44. The fraction of sp³-hybridized carbons (Fsp3) is 0.450. The molecule has 1 aliphatic heterocycles. The van der Waals surface area contributed by atoms with E-state index in [0.717, 1.165) is 23.1 Å². The van der Waals surface area contributed by atoms with Crippen molar-refractivity contribution in [3.8, 4) is 0 Å². The molecule has 132 valence electrons. The Morgan fingerprint density at radius 2 is 2.28 bits per heavy atom. The molecule has 1 aromatic carbocycles. The molecule has 0 amide bonds.